The molecule has 5 heteroatoms. The van der Waals surface area contributed by atoms with Crippen LogP contribution in [0.1, 0.15) is 10.4 Å². The summed E-state index contributed by atoms with van der Waals surface area (Å²) in [5.74, 6) is -1.77. The van der Waals surface area contributed by atoms with E-state index in [0.717, 1.165) is 5.57 Å². The second-order valence-electron chi connectivity index (χ2n) is 4.58. The zero-order chi connectivity index (χ0) is 17.8. The van der Waals surface area contributed by atoms with E-state index in [1.807, 2.05) is 30.3 Å². The van der Waals surface area contributed by atoms with E-state index in [1.165, 1.54) is 0 Å². The van der Waals surface area contributed by atoms with Crippen molar-refractivity contribution in [1.29, 1.82) is 0 Å². The maximum absolute atomic E-state index is 10.3. The molecule has 1 aliphatic carbocycles. The molecule has 0 bridgehead atoms. The van der Waals surface area contributed by atoms with Gasteiger partial charge in [-0.2, -0.15) is 18.2 Å². The summed E-state index contributed by atoms with van der Waals surface area (Å²) in [4.78, 5) is 10.2. The minimum atomic E-state index is -0.895. The Hall–Kier alpha value is -2.88. The second kappa shape index (κ2) is 12.5. The van der Waals surface area contributed by atoms with Gasteiger partial charge in [-0.05, 0) is 29.4 Å². The number of rotatable bonds is 2. The van der Waals surface area contributed by atoms with Crippen LogP contribution in [-0.4, -0.2) is 16.2 Å². The molecule has 2 aromatic rings. The van der Waals surface area contributed by atoms with Gasteiger partial charge in [-0.3, -0.25) is 0 Å². The summed E-state index contributed by atoms with van der Waals surface area (Å²) in [7, 11) is 0. The van der Waals surface area contributed by atoms with E-state index >= 15 is 0 Å². The number of hydrogen-bond acceptors (Lipinski definition) is 3. The molecule has 0 atom stereocenters. The van der Waals surface area contributed by atoms with Crippen LogP contribution in [0.15, 0.2) is 109 Å². The summed E-state index contributed by atoms with van der Waals surface area (Å²) in [6.45, 7) is 3.51. The molecule has 0 saturated carbocycles. The Morgan fingerprint density at radius 1 is 1.04 bits per heavy atom. The first-order chi connectivity index (χ1) is 11.5. The first-order valence-electron chi connectivity index (χ1n) is 7.12. The van der Waals surface area contributed by atoms with Crippen molar-refractivity contribution < 1.29 is 37.2 Å². The molecule has 0 amide bonds. The van der Waals surface area contributed by atoms with E-state index in [1.54, 1.807) is 54.6 Å². The molecule has 2 N–H and O–H groups in total. The minimum absolute atomic E-state index is 0. The number of aliphatic hydroxyl groups excluding tert-OH is 1. The van der Waals surface area contributed by atoms with Crippen LogP contribution in [0, 0.1) is 0 Å². The Balaban J connectivity index is 0.000000355. The molecule has 0 heterocycles. The maximum atomic E-state index is 10.3. The van der Waals surface area contributed by atoms with E-state index in [-0.39, 0.29) is 17.1 Å². The quantitative estimate of drug-likeness (QED) is 0.476. The summed E-state index contributed by atoms with van der Waals surface area (Å²) in [5, 5.41) is 27.1. The molecule has 25 heavy (non-hydrogen) atoms. The topological polar surface area (TPSA) is 80.6 Å². The van der Waals surface area contributed by atoms with Crippen molar-refractivity contribution in [3.8, 4) is 0 Å². The van der Waals surface area contributed by atoms with Gasteiger partial charge >= 0.3 is 23.0 Å². The van der Waals surface area contributed by atoms with Crippen LogP contribution in [0.25, 0.3) is 0 Å². The summed E-state index contributed by atoms with van der Waals surface area (Å²) < 4.78 is 0. The Morgan fingerprint density at radius 3 is 1.92 bits per heavy atom. The predicted molar refractivity (Wildman–Crippen MR) is 92.5 cm³/mol. The van der Waals surface area contributed by atoms with Crippen LogP contribution >= 0.6 is 0 Å². The third-order valence-electron chi connectivity index (χ3n) is 2.84. The van der Waals surface area contributed by atoms with E-state index in [0.29, 0.717) is 11.1 Å². The van der Waals surface area contributed by atoms with Gasteiger partial charge in [0.2, 0.25) is 0 Å². The zero-order valence-electron chi connectivity index (χ0n) is 13.4. The molecule has 0 unspecified atom stereocenters. The summed E-state index contributed by atoms with van der Waals surface area (Å²) in [5.41, 5.74) is 1.49. The number of carboxylic acids is 1. The van der Waals surface area contributed by atoms with Gasteiger partial charge in [0, 0.05) is 0 Å². The number of allylic oxidation sites excluding steroid dienone is 6. The fraction of sp³-hybridized carbons (Fsp3) is 0. The van der Waals surface area contributed by atoms with Gasteiger partial charge in [0.15, 0.2) is 0 Å². The van der Waals surface area contributed by atoms with Gasteiger partial charge in [0.1, 0.15) is 0 Å². The van der Waals surface area contributed by atoms with Gasteiger partial charge in [0.05, 0.1) is 11.5 Å². The van der Waals surface area contributed by atoms with Crippen molar-refractivity contribution in [3.05, 3.63) is 114 Å². The Morgan fingerprint density at radius 2 is 1.64 bits per heavy atom. The molecular weight excluding hydrogens is 360 g/mol. The Labute approximate surface area is 157 Å². The average molecular weight is 378 g/mol. The predicted octanol–water partition coefficient (Wildman–Crippen LogP) is 3.59. The first kappa shape index (κ1) is 22.1. The number of carbonyl (C=O) groups is 1. The third kappa shape index (κ3) is 9.10. The third-order valence-corrected chi connectivity index (χ3v) is 2.84. The van der Waals surface area contributed by atoms with Crippen molar-refractivity contribution in [1.82, 2.24) is 0 Å². The monoisotopic (exact) mass is 378 g/mol. The first-order valence-corrected chi connectivity index (χ1v) is 7.12. The van der Waals surface area contributed by atoms with Crippen molar-refractivity contribution >= 4 is 5.97 Å². The largest absolute Gasteiger partial charge is 2.00 e. The van der Waals surface area contributed by atoms with Crippen LogP contribution in [0.2, 0.25) is 0 Å². The normalized spacial score (nSPS) is 13.0. The summed E-state index contributed by atoms with van der Waals surface area (Å²) in [6, 6.07) is 18.3. The Bertz CT molecular complexity index is 705. The summed E-state index contributed by atoms with van der Waals surface area (Å²) in [6.07, 6.45) is 6.47. The number of hydrogen-bond donors (Lipinski definition) is 2. The molecule has 0 saturated heterocycles. The smallest absolute Gasteiger partial charge is 0.629 e. The molecule has 130 valence electrons. The molecule has 3 rings (SSSR count). The number of aromatic carboxylic acids is 1. The van der Waals surface area contributed by atoms with Crippen molar-refractivity contribution in [2.24, 2.45) is 0 Å². The number of aliphatic hydroxyl groups is 1. The van der Waals surface area contributed by atoms with Crippen LogP contribution in [-0.2, 0) is 17.1 Å². The van der Waals surface area contributed by atoms with E-state index in [9.17, 15) is 9.90 Å². The molecule has 4 nitrogen and oxygen atoms in total. The van der Waals surface area contributed by atoms with E-state index in [4.69, 9.17) is 10.2 Å². The van der Waals surface area contributed by atoms with E-state index in [2.05, 4.69) is 6.58 Å². The minimum Gasteiger partial charge on any atom is -0.629 e. The molecule has 0 radical (unpaired) electrons. The zero-order valence-corrected chi connectivity index (χ0v) is 14.5. The molecular formula is C20H18FeO4. The molecule has 0 aliphatic heterocycles. The van der Waals surface area contributed by atoms with Crippen molar-refractivity contribution in [2.75, 3.05) is 0 Å². The fourth-order valence-corrected chi connectivity index (χ4v) is 1.62. The molecule has 1 aliphatic rings. The molecule has 0 spiro atoms. The summed E-state index contributed by atoms with van der Waals surface area (Å²) >= 11 is 0. The van der Waals surface area contributed by atoms with Crippen molar-refractivity contribution in [3.63, 3.8) is 0 Å². The fourth-order valence-electron chi connectivity index (χ4n) is 1.62. The van der Waals surface area contributed by atoms with Gasteiger partial charge in [-0.1, -0.05) is 43.0 Å². The van der Waals surface area contributed by atoms with Crippen LogP contribution in [0.3, 0.4) is 0 Å². The average Bonchev–Trinajstić information content (AvgIpc) is 3.30. The maximum Gasteiger partial charge on any atom is 2.00 e. The SMILES string of the molecule is C=CC1=CC(=C([O-])O)C=C1.O=C(O)c1ccccc1.[Fe+2].c1cc[cH-]c1. The van der Waals surface area contributed by atoms with Crippen LogP contribution in [0.5, 0.6) is 0 Å². The van der Waals surface area contributed by atoms with Gasteiger partial charge in [0.25, 0.3) is 0 Å². The van der Waals surface area contributed by atoms with Crippen molar-refractivity contribution in [2.45, 2.75) is 0 Å². The molecule has 0 aromatic heterocycles. The molecule has 0 fully saturated rings. The Kier molecular flexibility index (Phi) is 11.1. The van der Waals surface area contributed by atoms with Gasteiger partial charge in [-0.15, -0.1) is 0 Å². The van der Waals surface area contributed by atoms with Crippen LogP contribution in [0.4, 0.5) is 0 Å². The standard InChI is InChI=1S/C8H8O2.C7H6O2.C5H5.Fe/c1-2-6-3-4-7(5-6)8(9)10;8-7(9)6-4-2-1-3-5-6;1-2-4-5-3-1;/h2-5,9-10H,1H2;1-5H,(H,8,9);1-5H;/q;;-1;+2/p-1. The number of carboxylic acid groups (broad SMARTS) is 1. The van der Waals surface area contributed by atoms with Crippen LogP contribution < -0.4 is 5.11 Å². The number of benzene rings is 1. The van der Waals surface area contributed by atoms with Gasteiger partial charge in [-0.25, -0.2) is 16.9 Å². The molecule has 2 aromatic carbocycles. The van der Waals surface area contributed by atoms with Gasteiger partial charge < -0.3 is 15.3 Å². The van der Waals surface area contributed by atoms with E-state index < -0.39 is 11.9 Å². The second-order valence-corrected chi connectivity index (χ2v) is 4.58.